The summed E-state index contributed by atoms with van der Waals surface area (Å²) >= 11 is 0. The summed E-state index contributed by atoms with van der Waals surface area (Å²) in [6, 6.07) is 12.1. The monoisotopic (exact) mass is 209 g/mol. The highest BCUT2D eigenvalue weighted by molar-refractivity contribution is 5.85. The zero-order valence-corrected chi connectivity index (χ0v) is 9.42. The van der Waals surface area contributed by atoms with E-state index in [4.69, 9.17) is 0 Å². The summed E-state index contributed by atoms with van der Waals surface area (Å²) in [4.78, 5) is 4.18. The van der Waals surface area contributed by atoms with Crippen LogP contribution in [0.1, 0.15) is 20.3 Å². The molecular formula is C12H16ClN. The highest BCUT2D eigenvalue weighted by atomic mass is 35.5. The van der Waals surface area contributed by atoms with Crippen LogP contribution < -0.4 is 0 Å². The fraction of sp³-hybridized carbons (Fsp3) is 0.250. The Morgan fingerprint density at radius 3 is 2.21 bits per heavy atom. The standard InChI is InChI=1S/C9H7N.C3H8.ClH/c1-2-6-9-8(4-1)5-3-7-10-9;1-3-2;/h1-7H;3H2,1-2H3;1H. The first-order valence-corrected chi connectivity index (χ1v) is 4.68. The minimum absolute atomic E-state index is 0. The van der Waals surface area contributed by atoms with Crippen molar-refractivity contribution in [3.63, 3.8) is 0 Å². The Kier molecular flexibility index (Phi) is 6.77. The molecule has 1 aromatic heterocycles. The Morgan fingerprint density at radius 1 is 1.00 bits per heavy atom. The first-order chi connectivity index (χ1) is 6.38. The summed E-state index contributed by atoms with van der Waals surface area (Å²) < 4.78 is 0. The number of nitrogens with zero attached hydrogens (tertiary/aromatic N) is 1. The predicted octanol–water partition coefficient (Wildman–Crippen LogP) is 4.07. The van der Waals surface area contributed by atoms with E-state index in [1.807, 2.05) is 30.5 Å². The van der Waals surface area contributed by atoms with Crippen LogP contribution in [0.2, 0.25) is 0 Å². The van der Waals surface area contributed by atoms with Crippen molar-refractivity contribution in [2.45, 2.75) is 20.3 Å². The van der Waals surface area contributed by atoms with Crippen molar-refractivity contribution in [3.8, 4) is 0 Å². The van der Waals surface area contributed by atoms with E-state index >= 15 is 0 Å². The lowest BCUT2D eigenvalue weighted by Gasteiger charge is -1.91. The fourth-order valence-corrected chi connectivity index (χ4v) is 1.02. The Balaban J connectivity index is 0.000000381. The number of hydrogen-bond donors (Lipinski definition) is 0. The Bertz CT molecular complexity index is 295. The number of fused-ring (bicyclic) bond motifs is 1. The van der Waals surface area contributed by atoms with Crippen LogP contribution in [0.15, 0.2) is 42.6 Å². The molecule has 0 N–H and O–H groups in total. The third-order valence-electron chi connectivity index (χ3n) is 1.51. The van der Waals surface area contributed by atoms with Gasteiger partial charge < -0.3 is 0 Å². The highest BCUT2D eigenvalue weighted by Crippen LogP contribution is 2.07. The summed E-state index contributed by atoms with van der Waals surface area (Å²) in [6.07, 6.45) is 3.06. The van der Waals surface area contributed by atoms with Gasteiger partial charge in [0.1, 0.15) is 0 Å². The van der Waals surface area contributed by atoms with Gasteiger partial charge in [0.15, 0.2) is 0 Å². The Morgan fingerprint density at radius 2 is 1.57 bits per heavy atom. The molecule has 0 bridgehead atoms. The van der Waals surface area contributed by atoms with Crippen LogP contribution in [0.25, 0.3) is 10.9 Å². The second kappa shape index (κ2) is 7.34. The zero-order valence-electron chi connectivity index (χ0n) is 8.60. The molecule has 0 radical (unpaired) electrons. The van der Waals surface area contributed by atoms with E-state index in [1.165, 1.54) is 11.8 Å². The predicted molar refractivity (Wildman–Crippen MR) is 65.0 cm³/mol. The quantitative estimate of drug-likeness (QED) is 0.638. The van der Waals surface area contributed by atoms with E-state index in [-0.39, 0.29) is 12.4 Å². The third kappa shape index (κ3) is 3.75. The second-order valence-electron chi connectivity index (χ2n) is 2.90. The van der Waals surface area contributed by atoms with Gasteiger partial charge in [0.05, 0.1) is 5.52 Å². The molecule has 76 valence electrons. The van der Waals surface area contributed by atoms with Crippen molar-refractivity contribution in [2.24, 2.45) is 0 Å². The highest BCUT2D eigenvalue weighted by Gasteiger charge is 1.86. The van der Waals surface area contributed by atoms with E-state index in [0.29, 0.717) is 0 Å². The van der Waals surface area contributed by atoms with Gasteiger partial charge in [-0.25, -0.2) is 0 Å². The molecule has 0 fully saturated rings. The van der Waals surface area contributed by atoms with Gasteiger partial charge in [0.25, 0.3) is 0 Å². The van der Waals surface area contributed by atoms with Gasteiger partial charge in [-0.05, 0) is 12.1 Å². The smallest absolute Gasteiger partial charge is 0.0701 e. The molecule has 0 unspecified atom stereocenters. The van der Waals surface area contributed by atoms with Crippen molar-refractivity contribution in [2.75, 3.05) is 0 Å². The maximum Gasteiger partial charge on any atom is 0.0701 e. The lowest BCUT2D eigenvalue weighted by Crippen LogP contribution is -1.73. The SMILES string of the molecule is CCC.Cl.c1ccc2ncccc2c1. The average molecular weight is 210 g/mol. The van der Waals surface area contributed by atoms with Crippen LogP contribution in [-0.4, -0.2) is 4.98 Å². The van der Waals surface area contributed by atoms with Crippen molar-refractivity contribution < 1.29 is 0 Å². The number of halogens is 1. The molecule has 0 aliphatic carbocycles. The van der Waals surface area contributed by atoms with Crippen LogP contribution in [0.3, 0.4) is 0 Å². The van der Waals surface area contributed by atoms with Gasteiger partial charge in [0.2, 0.25) is 0 Å². The van der Waals surface area contributed by atoms with Crippen LogP contribution in [0.5, 0.6) is 0 Å². The van der Waals surface area contributed by atoms with Crippen LogP contribution in [0, 0.1) is 0 Å². The maximum atomic E-state index is 4.18. The molecule has 0 saturated carbocycles. The molecule has 2 rings (SSSR count). The fourth-order valence-electron chi connectivity index (χ4n) is 1.02. The minimum atomic E-state index is 0. The maximum absolute atomic E-state index is 4.18. The number of aromatic nitrogens is 1. The normalized spacial score (nSPS) is 8.43. The first kappa shape index (κ1) is 12.9. The molecular weight excluding hydrogens is 194 g/mol. The largest absolute Gasteiger partial charge is 0.256 e. The lowest BCUT2D eigenvalue weighted by molar-refractivity contribution is 1.09. The summed E-state index contributed by atoms with van der Waals surface area (Å²) in [6.45, 7) is 4.25. The van der Waals surface area contributed by atoms with Crippen molar-refractivity contribution >= 4 is 23.3 Å². The Hall–Kier alpha value is -1.08. The molecule has 0 saturated heterocycles. The molecule has 2 heteroatoms. The molecule has 1 aromatic carbocycles. The van der Waals surface area contributed by atoms with E-state index < -0.39 is 0 Å². The molecule has 0 amide bonds. The first-order valence-electron chi connectivity index (χ1n) is 4.68. The molecule has 2 aromatic rings. The summed E-state index contributed by atoms with van der Waals surface area (Å²) in [5, 5.41) is 1.20. The molecule has 0 aliphatic rings. The van der Waals surface area contributed by atoms with Crippen LogP contribution in [-0.2, 0) is 0 Å². The summed E-state index contributed by atoms with van der Waals surface area (Å²) in [5.74, 6) is 0. The number of para-hydroxylation sites is 1. The number of rotatable bonds is 0. The van der Waals surface area contributed by atoms with Gasteiger partial charge in [-0.3, -0.25) is 4.98 Å². The lowest BCUT2D eigenvalue weighted by atomic mass is 10.2. The van der Waals surface area contributed by atoms with Gasteiger partial charge >= 0.3 is 0 Å². The molecule has 0 spiro atoms. The van der Waals surface area contributed by atoms with E-state index in [1.54, 1.807) is 0 Å². The number of benzene rings is 1. The van der Waals surface area contributed by atoms with E-state index in [0.717, 1.165) is 5.52 Å². The topological polar surface area (TPSA) is 12.9 Å². The minimum Gasteiger partial charge on any atom is -0.256 e. The van der Waals surface area contributed by atoms with Gasteiger partial charge in [-0.2, -0.15) is 0 Å². The molecule has 0 aliphatic heterocycles. The molecule has 0 atom stereocenters. The molecule has 1 nitrogen and oxygen atoms in total. The van der Waals surface area contributed by atoms with Crippen molar-refractivity contribution in [1.29, 1.82) is 0 Å². The zero-order chi connectivity index (χ0) is 9.52. The summed E-state index contributed by atoms with van der Waals surface area (Å²) in [5.41, 5.74) is 1.06. The molecule has 14 heavy (non-hydrogen) atoms. The molecule has 1 heterocycles. The van der Waals surface area contributed by atoms with E-state index in [2.05, 4.69) is 31.0 Å². The van der Waals surface area contributed by atoms with Gasteiger partial charge in [0, 0.05) is 11.6 Å². The second-order valence-corrected chi connectivity index (χ2v) is 2.90. The Labute approximate surface area is 91.6 Å². The van der Waals surface area contributed by atoms with Crippen LogP contribution in [0.4, 0.5) is 0 Å². The number of pyridine rings is 1. The van der Waals surface area contributed by atoms with Gasteiger partial charge in [-0.1, -0.05) is 44.5 Å². The van der Waals surface area contributed by atoms with E-state index in [9.17, 15) is 0 Å². The average Bonchev–Trinajstić information content (AvgIpc) is 2.19. The van der Waals surface area contributed by atoms with Crippen molar-refractivity contribution in [1.82, 2.24) is 4.98 Å². The third-order valence-corrected chi connectivity index (χ3v) is 1.51. The van der Waals surface area contributed by atoms with Crippen molar-refractivity contribution in [3.05, 3.63) is 42.6 Å². The number of hydrogen-bond acceptors (Lipinski definition) is 1. The van der Waals surface area contributed by atoms with Crippen LogP contribution >= 0.6 is 12.4 Å². The summed E-state index contributed by atoms with van der Waals surface area (Å²) in [7, 11) is 0. The van der Waals surface area contributed by atoms with Gasteiger partial charge in [-0.15, -0.1) is 12.4 Å².